The maximum absolute atomic E-state index is 12.7. The van der Waals surface area contributed by atoms with Gasteiger partial charge in [-0.3, -0.25) is 14.2 Å². The van der Waals surface area contributed by atoms with Gasteiger partial charge in [-0.25, -0.2) is 4.98 Å². The van der Waals surface area contributed by atoms with Gasteiger partial charge in [-0.15, -0.1) is 11.3 Å². The Bertz CT molecular complexity index is 1180. The molecule has 1 aromatic carbocycles. The van der Waals surface area contributed by atoms with E-state index in [0.717, 1.165) is 40.4 Å². The van der Waals surface area contributed by atoms with Gasteiger partial charge in [0.15, 0.2) is 0 Å². The van der Waals surface area contributed by atoms with Gasteiger partial charge in [-0.05, 0) is 48.6 Å². The smallest absolute Gasteiger partial charge is 0.302 e. The molecule has 154 valence electrons. The summed E-state index contributed by atoms with van der Waals surface area (Å²) < 4.78 is 12.5. The Morgan fingerprint density at radius 3 is 2.80 bits per heavy atom. The van der Waals surface area contributed by atoms with Crippen molar-refractivity contribution in [3.05, 3.63) is 79.7 Å². The monoisotopic (exact) mass is 422 g/mol. The van der Waals surface area contributed by atoms with Gasteiger partial charge in [-0.2, -0.15) is 0 Å². The van der Waals surface area contributed by atoms with Crippen LogP contribution in [0.4, 0.5) is 0 Å². The topological polar surface area (TPSA) is 70.4 Å². The predicted molar refractivity (Wildman–Crippen MR) is 116 cm³/mol. The number of nitrogens with zero attached hydrogens (tertiary/aromatic N) is 2. The summed E-state index contributed by atoms with van der Waals surface area (Å²) in [7, 11) is 0. The molecule has 0 unspecified atom stereocenters. The van der Waals surface area contributed by atoms with Crippen molar-refractivity contribution in [2.45, 2.75) is 39.9 Å². The van der Waals surface area contributed by atoms with E-state index in [4.69, 9.17) is 9.47 Å². The SMILES string of the molecule is CC(=O)OCc1ccc2c(c1)CCC(n1ccc(OCc3nc(C)cs3)cc1=O)=C2. The average Bonchev–Trinajstić information content (AvgIpc) is 3.15. The first kappa shape index (κ1) is 20.1. The minimum atomic E-state index is -0.288. The summed E-state index contributed by atoms with van der Waals surface area (Å²) in [4.78, 5) is 28.0. The van der Waals surface area contributed by atoms with Crippen molar-refractivity contribution in [1.29, 1.82) is 0 Å². The van der Waals surface area contributed by atoms with Gasteiger partial charge in [0.25, 0.3) is 5.56 Å². The van der Waals surface area contributed by atoms with Crippen molar-refractivity contribution >= 4 is 29.1 Å². The highest BCUT2D eigenvalue weighted by Crippen LogP contribution is 2.27. The molecular weight excluding hydrogens is 400 g/mol. The number of allylic oxidation sites excluding steroid dienone is 1. The van der Waals surface area contributed by atoms with E-state index in [1.54, 1.807) is 28.2 Å². The lowest BCUT2D eigenvalue weighted by Crippen LogP contribution is -2.19. The summed E-state index contributed by atoms with van der Waals surface area (Å²) >= 11 is 1.54. The van der Waals surface area contributed by atoms with Crippen LogP contribution in [-0.4, -0.2) is 15.5 Å². The van der Waals surface area contributed by atoms with Crippen LogP contribution < -0.4 is 10.3 Å². The summed E-state index contributed by atoms with van der Waals surface area (Å²) in [6, 6.07) is 9.33. The van der Waals surface area contributed by atoms with E-state index in [1.807, 2.05) is 30.5 Å². The van der Waals surface area contributed by atoms with Crippen LogP contribution in [0.15, 0.2) is 46.7 Å². The Balaban J connectivity index is 1.49. The summed E-state index contributed by atoms with van der Waals surface area (Å²) in [6.45, 7) is 3.98. The molecule has 7 heteroatoms. The molecule has 0 saturated carbocycles. The molecule has 0 amide bonds. The third-order valence-electron chi connectivity index (χ3n) is 4.85. The zero-order chi connectivity index (χ0) is 21.1. The number of aryl methyl sites for hydroxylation is 2. The number of fused-ring (bicyclic) bond motifs is 1. The first-order valence-corrected chi connectivity index (χ1v) is 10.6. The molecule has 3 aromatic rings. The number of aromatic nitrogens is 2. The summed E-state index contributed by atoms with van der Waals surface area (Å²) in [5, 5.41) is 2.86. The second-order valence-corrected chi connectivity index (χ2v) is 8.13. The molecular formula is C23H22N2O4S. The molecule has 0 N–H and O–H groups in total. The van der Waals surface area contributed by atoms with Crippen LogP contribution >= 0.6 is 11.3 Å². The standard InChI is InChI=1S/C23H22N2O4S/c1-15-14-30-22(24-15)13-29-21-7-8-25(23(27)11-21)20-6-5-18-9-17(12-28-16(2)26)3-4-19(18)10-20/h3-4,7-11,14H,5-6,12-13H2,1-2H3. The number of thiazole rings is 1. The number of esters is 1. The van der Waals surface area contributed by atoms with Gasteiger partial charge in [0.05, 0.1) is 0 Å². The van der Waals surface area contributed by atoms with Crippen molar-refractivity contribution in [3.63, 3.8) is 0 Å². The molecule has 1 aliphatic rings. The summed E-state index contributed by atoms with van der Waals surface area (Å²) in [5.74, 6) is 0.250. The van der Waals surface area contributed by atoms with Gasteiger partial charge in [0.2, 0.25) is 0 Å². The largest absolute Gasteiger partial charge is 0.486 e. The Labute approximate surface area is 178 Å². The molecule has 0 atom stereocenters. The van der Waals surface area contributed by atoms with Crippen LogP contribution in [-0.2, 0) is 29.2 Å². The highest BCUT2D eigenvalue weighted by atomic mass is 32.1. The first-order chi connectivity index (χ1) is 14.5. The average molecular weight is 423 g/mol. The Morgan fingerprint density at radius 1 is 1.20 bits per heavy atom. The van der Waals surface area contributed by atoms with Gasteiger partial charge in [0.1, 0.15) is 24.0 Å². The number of rotatable bonds is 6. The zero-order valence-electron chi connectivity index (χ0n) is 16.9. The highest BCUT2D eigenvalue weighted by Gasteiger charge is 2.14. The van der Waals surface area contributed by atoms with Crippen molar-refractivity contribution < 1.29 is 14.3 Å². The summed E-state index contributed by atoms with van der Waals surface area (Å²) in [5.41, 5.74) is 5.03. The van der Waals surface area contributed by atoms with Crippen LogP contribution in [0, 0.1) is 6.92 Å². The fourth-order valence-electron chi connectivity index (χ4n) is 3.40. The summed E-state index contributed by atoms with van der Waals surface area (Å²) in [6.07, 6.45) is 5.37. The molecule has 0 bridgehead atoms. The molecule has 4 rings (SSSR count). The maximum atomic E-state index is 12.7. The third-order valence-corrected chi connectivity index (χ3v) is 5.79. The molecule has 0 saturated heterocycles. The highest BCUT2D eigenvalue weighted by molar-refractivity contribution is 7.09. The zero-order valence-corrected chi connectivity index (χ0v) is 17.7. The molecule has 0 spiro atoms. The van der Waals surface area contributed by atoms with Gasteiger partial charge < -0.3 is 9.47 Å². The lowest BCUT2D eigenvalue weighted by atomic mass is 9.93. The van der Waals surface area contributed by atoms with E-state index in [1.165, 1.54) is 18.6 Å². The van der Waals surface area contributed by atoms with Crippen molar-refractivity contribution in [3.8, 4) is 5.75 Å². The van der Waals surface area contributed by atoms with Crippen LogP contribution in [0.3, 0.4) is 0 Å². The number of ether oxygens (including phenoxy) is 2. The molecule has 0 radical (unpaired) electrons. The normalized spacial score (nSPS) is 12.8. The number of hydrogen-bond acceptors (Lipinski definition) is 6. The van der Waals surface area contributed by atoms with Crippen molar-refractivity contribution in [1.82, 2.24) is 9.55 Å². The molecule has 30 heavy (non-hydrogen) atoms. The van der Waals surface area contributed by atoms with E-state index >= 15 is 0 Å². The van der Waals surface area contributed by atoms with Crippen LogP contribution in [0.1, 0.15) is 40.7 Å². The third kappa shape index (κ3) is 4.68. The molecule has 1 aliphatic carbocycles. The molecule has 0 fully saturated rings. The molecule has 2 heterocycles. The minimum Gasteiger partial charge on any atom is -0.486 e. The first-order valence-electron chi connectivity index (χ1n) is 9.70. The van der Waals surface area contributed by atoms with Crippen LogP contribution in [0.25, 0.3) is 11.8 Å². The maximum Gasteiger partial charge on any atom is 0.302 e. The molecule has 2 aromatic heterocycles. The van der Waals surface area contributed by atoms with Crippen molar-refractivity contribution in [2.24, 2.45) is 0 Å². The Kier molecular flexibility index (Phi) is 5.81. The number of hydrogen-bond donors (Lipinski definition) is 0. The van der Waals surface area contributed by atoms with Crippen LogP contribution in [0.5, 0.6) is 5.75 Å². The van der Waals surface area contributed by atoms with E-state index in [9.17, 15) is 9.59 Å². The lowest BCUT2D eigenvalue weighted by Gasteiger charge is -2.19. The van der Waals surface area contributed by atoms with E-state index < -0.39 is 0 Å². The second kappa shape index (κ2) is 8.67. The van der Waals surface area contributed by atoms with Gasteiger partial charge in [0, 0.05) is 36.0 Å². The van der Waals surface area contributed by atoms with Gasteiger partial charge >= 0.3 is 5.97 Å². The van der Waals surface area contributed by atoms with Crippen LogP contribution in [0.2, 0.25) is 0 Å². The number of pyridine rings is 1. The van der Waals surface area contributed by atoms with E-state index in [0.29, 0.717) is 12.4 Å². The quantitative estimate of drug-likeness (QED) is 0.557. The lowest BCUT2D eigenvalue weighted by molar-refractivity contribution is -0.142. The van der Waals surface area contributed by atoms with E-state index in [-0.39, 0.29) is 18.1 Å². The van der Waals surface area contributed by atoms with Crippen molar-refractivity contribution in [2.75, 3.05) is 0 Å². The minimum absolute atomic E-state index is 0.121. The fourth-order valence-corrected chi connectivity index (χ4v) is 4.08. The Morgan fingerprint density at radius 2 is 2.07 bits per heavy atom. The van der Waals surface area contributed by atoms with Gasteiger partial charge in [-0.1, -0.05) is 18.2 Å². The molecule has 0 aliphatic heterocycles. The fraction of sp³-hybridized carbons (Fsp3) is 0.261. The van der Waals surface area contributed by atoms with E-state index in [2.05, 4.69) is 11.1 Å². The number of carbonyl (C=O) groups excluding carboxylic acids is 1. The second-order valence-electron chi connectivity index (χ2n) is 7.19. The number of benzene rings is 1. The molecule has 6 nitrogen and oxygen atoms in total. The number of carbonyl (C=O) groups is 1. The Hall–Kier alpha value is -3.19. The predicted octanol–water partition coefficient (Wildman–Crippen LogP) is 4.20.